The molecule has 1 N–H and O–H groups in total. The van der Waals surface area contributed by atoms with Crippen LogP contribution in [-0.4, -0.2) is 36.1 Å². The van der Waals surface area contributed by atoms with Gasteiger partial charge < -0.3 is 5.32 Å². The predicted octanol–water partition coefficient (Wildman–Crippen LogP) is 3.52. The summed E-state index contributed by atoms with van der Waals surface area (Å²) in [7, 11) is 0. The van der Waals surface area contributed by atoms with E-state index in [9.17, 15) is 0 Å². The molecule has 0 spiro atoms. The van der Waals surface area contributed by atoms with Crippen LogP contribution in [0.4, 0.5) is 0 Å². The summed E-state index contributed by atoms with van der Waals surface area (Å²) in [6.45, 7) is 2.67. The summed E-state index contributed by atoms with van der Waals surface area (Å²) in [5.41, 5.74) is 1.51. The van der Waals surface area contributed by atoms with Crippen molar-refractivity contribution in [2.75, 3.05) is 13.1 Å². The summed E-state index contributed by atoms with van der Waals surface area (Å²) < 4.78 is 1.18. The molecule has 0 aromatic heterocycles. The van der Waals surface area contributed by atoms with Crippen molar-refractivity contribution in [3.63, 3.8) is 0 Å². The van der Waals surface area contributed by atoms with E-state index < -0.39 is 0 Å². The summed E-state index contributed by atoms with van der Waals surface area (Å²) in [6, 6.07) is 11.3. The zero-order valence-electron chi connectivity index (χ0n) is 11.9. The maximum Gasteiger partial charge on any atom is 0.0250 e. The average Bonchev–Trinajstić information content (AvgIpc) is 2.99. The number of hydrogen-bond acceptors (Lipinski definition) is 2. The summed E-state index contributed by atoms with van der Waals surface area (Å²) in [5.74, 6) is 0.779. The Kier molecular flexibility index (Phi) is 3.61. The molecule has 0 amide bonds. The van der Waals surface area contributed by atoms with Crippen molar-refractivity contribution in [3.8, 4) is 0 Å². The van der Waals surface area contributed by atoms with E-state index in [1.54, 1.807) is 0 Å². The molecule has 3 fully saturated rings. The Balaban J connectivity index is 1.30. The van der Waals surface area contributed by atoms with Crippen molar-refractivity contribution in [3.05, 3.63) is 34.3 Å². The van der Waals surface area contributed by atoms with Gasteiger partial charge in [0.15, 0.2) is 0 Å². The normalized spacial score (nSPS) is 36.9. The van der Waals surface area contributed by atoms with Crippen LogP contribution in [0.1, 0.15) is 43.6 Å². The second-order valence-electron chi connectivity index (χ2n) is 6.72. The first-order valence-electron chi connectivity index (χ1n) is 8.05. The molecular formula is C17H23BrN2. The van der Waals surface area contributed by atoms with Crippen LogP contribution in [-0.2, 0) is 0 Å². The molecule has 2 aliphatic heterocycles. The fourth-order valence-electron chi connectivity index (χ4n) is 4.34. The highest BCUT2D eigenvalue weighted by atomic mass is 79.9. The van der Waals surface area contributed by atoms with Crippen molar-refractivity contribution < 1.29 is 0 Å². The van der Waals surface area contributed by atoms with Gasteiger partial charge in [-0.2, -0.15) is 0 Å². The molecule has 108 valence electrons. The van der Waals surface area contributed by atoms with Gasteiger partial charge in [0.05, 0.1) is 0 Å². The summed E-state index contributed by atoms with van der Waals surface area (Å²) in [4.78, 5) is 2.70. The van der Waals surface area contributed by atoms with Crippen molar-refractivity contribution in [2.24, 2.45) is 0 Å². The minimum absolute atomic E-state index is 0.759. The van der Waals surface area contributed by atoms with Gasteiger partial charge in [-0.3, -0.25) is 4.90 Å². The molecule has 2 unspecified atom stereocenters. The second-order valence-corrected chi connectivity index (χ2v) is 7.64. The molecule has 1 saturated carbocycles. The largest absolute Gasteiger partial charge is 0.310 e. The van der Waals surface area contributed by atoms with Gasteiger partial charge in [-0.15, -0.1) is 0 Å². The third kappa shape index (κ3) is 2.44. The molecule has 4 rings (SSSR count). The van der Waals surface area contributed by atoms with Crippen molar-refractivity contribution >= 4 is 15.9 Å². The van der Waals surface area contributed by atoms with E-state index in [0.29, 0.717) is 0 Å². The number of fused-ring (bicyclic) bond motifs is 1. The van der Waals surface area contributed by atoms with Gasteiger partial charge >= 0.3 is 0 Å². The molecule has 2 heterocycles. The molecule has 2 saturated heterocycles. The quantitative estimate of drug-likeness (QED) is 0.909. The number of rotatable bonds is 3. The monoisotopic (exact) mass is 334 g/mol. The van der Waals surface area contributed by atoms with Crippen LogP contribution in [0.5, 0.6) is 0 Å². The summed E-state index contributed by atoms with van der Waals surface area (Å²) in [6.07, 6.45) is 6.84. The van der Waals surface area contributed by atoms with Gasteiger partial charge in [0.1, 0.15) is 0 Å². The molecular weight excluding hydrogens is 312 g/mol. The minimum Gasteiger partial charge on any atom is -0.310 e. The van der Waals surface area contributed by atoms with Gasteiger partial charge in [0, 0.05) is 29.1 Å². The smallest absolute Gasteiger partial charge is 0.0250 e. The van der Waals surface area contributed by atoms with Crippen LogP contribution in [0.25, 0.3) is 0 Å². The van der Waals surface area contributed by atoms with Gasteiger partial charge in [-0.25, -0.2) is 0 Å². The number of nitrogens with one attached hydrogen (secondary N) is 1. The maximum atomic E-state index is 3.95. The van der Waals surface area contributed by atoms with Crippen molar-refractivity contribution in [1.29, 1.82) is 0 Å². The summed E-state index contributed by atoms with van der Waals surface area (Å²) in [5, 5.41) is 3.95. The zero-order valence-corrected chi connectivity index (χ0v) is 13.5. The third-order valence-electron chi connectivity index (χ3n) is 5.54. The molecule has 20 heavy (non-hydrogen) atoms. The fraction of sp³-hybridized carbons (Fsp3) is 0.647. The second kappa shape index (κ2) is 5.43. The number of benzene rings is 1. The van der Waals surface area contributed by atoms with E-state index >= 15 is 0 Å². The Morgan fingerprint density at radius 1 is 1.05 bits per heavy atom. The standard InChI is InChI=1S/C17H23BrN2/c18-14-5-3-12(4-6-14)13-10-15(11-13)19-16-7-9-20-8-1-2-17(16)20/h3-6,13,15-17,19H,1-2,7-11H2. The first-order chi connectivity index (χ1) is 9.79. The minimum atomic E-state index is 0.759. The average molecular weight is 335 g/mol. The lowest BCUT2D eigenvalue weighted by Gasteiger charge is -2.39. The van der Waals surface area contributed by atoms with Gasteiger partial charge in [0.2, 0.25) is 0 Å². The highest BCUT2D eigenvalue weighted by molar-refractivity contribution is 9.10. The predicted molar refractivity (Wildman–Crippen MR) is 86.0 cm³/mol. The van der Waals surface area contributed by atoms with Gasteiger partial charge in [-0.05, 0) is 62.3 Å². The maximum absolute atomic E-state index is 3.95. The van der Waals surface area contributed by atoms with Crippen LogP contribution in [0.3, 0.4) is 0 Å². The molecule has 1 aromatic carbocycles. The lowest BCUT2D eigenvalue weighted by atomic mass is 9.75. The topological polar surface area (TPSA) is 15.3 Å². The Morgan fingerprint density at radius 2 is 1.85 bits per heavy atom. The molecule has 1 aliphatic carbocycles. The number of nitrogens with zero attached hydrogens (tertiary/aromatic N) is 1. The third-order valence-corrected chi connectivity index (χ3v) is 6.06. The Labute approximate surface area is 130 Å². The van der Waals surface area contributed by atoms with Crippen LogP contribution in [0.2, 0.25) is 0 Å². The van der Waals surface area contributed by atoms with E-state index in [2.05, 4.69) is 50.4 Å². The van der Waals surface area contributed by atoms with Crippen molar-refractivity contribution in [1.82, 2.24) is 10.2 Å². The molecule has 0 radical (unpaired) electrons. The van der Waals surface area contributed by atoms with E-state index in [-0.39, 0.29) is 0 Å². The lowest BCUT2D eigenvalue weighted by Crippen LogP contribution is -2.49. The van der Waals surface area contributed by atoms with Crippen LogP contribution >= 0.6 is 15.9 Å². The van der Waals surface area contributed by atoms with Gasteiger partial charge in [0.25, 0.3) is 0 Å². The van der Waals surface area contributed by atoms with E-state index in [4.69, 9.17) is 0 Å². The molecule has 3 aliphatic rings. The van der Waals surface area contributed by atoms with E-state index in [0.717, 1.165) is 24.0 Å². The molecule has 2 nitrogen and oxygen atoms in total. The first kappa shape index (κ1) is 13.3. The van der Waals surface area contributed by atoms with Crippen LogP contribution in [0, 0.1) is 0 Å². The first-order valence-corrected chi connectivity index (χ1v) is 8.84. The van der Waals surface area contributed by atoms with E-state index in [1.807, 2.05) is 0 Å². The van der Waals surface area contributed by atoms with E-state index in [1.165, 1.54) is 55.2 Å². The number of hydrogen-bond donors (Lipinski definition) is 1. The number of halogens is 1. The Hall–Kier alpha value is -0.380. The van der Waals surface area contributed by atoms with Crippen LogP contribution in [0.15, 0.2) is 28.7 Å². The highest BCUT2D eigenvalue weighted by Gasteiger charge is 2.40. The molecule has 0 bridgehead atoms. The molecule has 1 aromatic rings. The van der Waals surface area contributed by atoms with Gasteiger partial charge in [-0.1, -0.05) is 28.1 Å². The molecule has 2 atom stereocenters. The van der Waals surface area contributed by atoms with Crippen molar-refractivity contribution in [2.45, 2.75) is 56.1 Å². The fourth-order valence-corrected chi connectivity index (χ4v) is 4.61. The van der Waals surface area contributed by atoms with Crippen LogP contribution < -0.4 is 5.32 Å². The zero-order chi connectivity index (χ0) is 13.5. The summed E-state index contributed by atoms with van der Waals surface area (Å²) >= 11 is 3.51. The Morgan fingerprint density at radius 3 is 2.65 bits per heavy atom. The SMILES string of the molecule is Brc1ccc(C2CC(NC3CCN4CCCC34)C2)cc1. The lowest BCUT2D eigenvalue weighted by molar-refractivity contribution is 0.234. The Bertz CT molecular complexity index is 466. The highest BCUT2D eigenvalue weighted by Crippen LogP contribution is 2.38. The molecule has 3 heteroatoms.